The number of ether oxygens (including phenoxy) is 2. The van der Waals surface area contributed by atoms with Gasteiger partial charge in [-0.3, -0.25) is 4.99 Å². The van der Waals surface area contributed by atoms with Crippen molar-refractivity contribution in [3.8, 4) is 5.75 Å². The summed E-state index contributed by atoms with van der Waals surface area (Å²) < 4.78 is 11.1. The molecule has 0 aromatic heterocycles. The van der Waals surface area contributed by atoms with E-state index in [1.54, 1.807) is 7.11 Å². The van der Waals surface area contributed by atoms with Crippen LogP contribution >= 0.6 is 24.0 Å². The third kappa shape index (κ3) is 7.43. The highest BCUT2D eigenvalue weighted by Gasteiger charge is 2.27. The zero-order chi connectivity index (χ0) is 19.9. The van der Waals surface area contributed by atoms with Gasteiger partial charge in [0.05, 0.1) is 13.2 Å². The van der Waals surface area contributed by atoms with Gasteiger partial charge in [-0.25, -0.2) is 0 Å². The molecule has 1 fully saturated rings. The fourth-order valence-corrected chi connectivity index (χ4v) is 3.40. The SMILES string of the molecule is CN=C(NCC(C)(C)c1ccc(OCC(C)C)cc1)N1CCC(COC)C1.I. The molecule has 0 bridgehead atoms. The number of rotatable bonds is 8. The van der Waals surface area contributed by atoms with Crippen LogP contribution in [0, 0.1) is 11.8 Å². The molecule has 28 heavy (non-hydrogen) atoms. The number of nitrogens with one attached hydrogen (secondary N) is 1. The first-order valence-corrected chi connectivity index (χ1v) is 10.0. The van der Waals surface area contributed by atoms with E-state index in [1.165, 1.54) is 5.56 Å². The molecule has 160 valence electrons. The molecule has 0 radical (unpaired) electrons. The molecule has 1 heterocycles. The molecule has 1 N–H and O–H groups in total. The first-order chi connectivity index (χ1) is 12.9. The summed E-state index contributed by atoms with van der Waals surface area (Å²) in [5.74, 6) is 3.05. The fraction of sp³-hybridized carbons (Fsp3) is 0.682. The van der Waals surface area contributed by atoms with E-state index in [2.05, 4.69) is 67.2 Å². The maximum Gasteiger partial charge on any atom is 0.193 e. The number of benzene rings is 1. The zero-order valence-corrected chi connectivity index (χ0v) is 20.7. The molecule has 0 spiro atoms. The minimum atomic E-state index is -0.00181. The van der Waals surface area contributed by atoms with Crippen LogP contribution in [-0.4, -0.2) is 57.9 Å². The minimum Gasteiger partial charge on any atom is -0.493 e. The van der Waals surface area contributed by atoms with Gasteiger partial charge < -0.3 is 19.7 Å². The van der Waals surface area contributed by atoms with Gasteiger partial charge in [0.1, 0.15) is 5.75 Å². The fourth-order valence-electron chi connectivity index (χ4n) is 3.40. The molecule has 6 heteroatoms. The van der Waals surface area contributed by atoms with E-state index < -0.39 is 0 Å². The van der Waals surface area contributed by atoms with Crippen molar-refractivity contribution in [1.82, 2.24) is 10.2 Å². The molecule has 0 aliphatic carbocycles. The molecular weight excluding hydrogens is 465 g/mol. The lowest BCUT2D eigenvalue weighted by molar-refractivity contribution is 0.157. The van der Waals surface area contributed by atoms with E-state index in [9.17, 15) is 0 Å². The number of nitrogens with zero attached hydrogens (tertiary/aromatic N) is 2. The number of hydrogen-bond donors (Lipinski definition) is 1. The average molecular weight is 503 g/mol. The Morgan fingerprint density at radius 1 is 1.29 bits per heavy atom. The number of halogens is 1. The molecule has 0 amide bonds. The summed E-state index contributed by atoms with van der Waals surface area (Å²) in [5, 5.41) is 3.57. The predicted octanol–water partition coefficient (Wildman–Crippen LogP) is 4.16. The van der Waals surface area contributed by atoms with Gasteiger partial charge in [-0.2, -0.15) is 0 Å². The lowest BCUT2D eigenvalue weighted by Crippen LogP contribution is -2.45. The number of methoxy groups -OCH3 is 1. The zero-order valence-electron chi connectivity index (χ0n) is 18.3. The van der Waals surface area contributed by atoms with E-state index in [-0.39, 0.29) is 29.4 Å². The Kier molecular flexibility index (Phi) is 10.6. The third-order valence-electron chi connectivity index (χ3n) is 5.11. The lowest BCUT2D eigenvalue weighted by atomic mass is 9.84. The van der Waals surface area contributed by atoms with Crippen LogP contribution in [0.5, 0.6) is 5.75 Å². The van der Waals surface area contributed by atoms with Crippen molar-refractivity contribution in [2.24, 2.45) is 16.8 Å². The molecule has 1 aromatic rings. The Hall–Kier alpha value is -1.02. The molecule has 0 saturated carbocycles. The number of likely N-dealkylation sites (tertiary alicyclic amines) is 1. The van der Waals surface area contributed by atoms with E-state index >= 15 is 0 Å². The maximum atomic E-state index is 5.80. The van der Waals surface area contributed by atoms with Gasteiger partial charge in [0.25, 0.3) is 0 Å². The van der Waals surface area contributed by atoms with Gasteiger partial charge in [0.15, 0.2) is 5.96 Å². The van der Waals surface area contributed by atoms with Gasteiger partial charge in [-0.1, -0.05) is 39.8 Å². The summed E-state index contributed by atoms with van der Waals surface area (Å²) in [4.78, 5) is 6.82. The van der Waals surface area contributed by atoms with Crippen molar-refractivity contribution in [1.29, 1.82) is 0 Å². The Balaban J connectivity index is 0.00000392. The van der Waals surface area contributed by atoms with Crippen LogP contribution in [0.15, 0.2) is 29.3 Å². The third-order valence-corrected chi connectivity index (χ3v) is 5.11. The molecule has 1 aliphatic heterocycles. The molecule has 1 aromatic carbocycles. The molecule has 2 rings (SSSR count). The number of guanidine groups is 1. The van der Waals surface area contributed by atoms with Gasteiger partial charge in [-0.05, 0) is 30.0 Å². The van der Waals surface area contributed by atoms with E-state index in [0.717, 1.165) is 51.0 Å². The summed E-state index contributed by atoms with van der Waals surface area (Å²) in [6.45, 7) is 13.3. The molecule has 1 aliphatic rings. The van der Waals surface area contributed by atoms with Crippen LogP contribution < -0.4 is 10.1 Å². The van der Waals surface area contributed by atoms with Gasteiger partial charge in [0, 0.05) is 45.1 Å². The Labute approximate surface area is 188 Å². The summed E-state index contributed by atoms with van der Waals surface area (Å²) in [5.41, 5.74) is 1.29. The maximum absolute atomic E-state index is 5.80. The largest absolute Gasteiger partial charge is 0.493 e. The van der Waals surface area contributed by atoms with Crippen molar-refractivity contribution in [3.05, 3.63) is 29.8 Å². The monoisotopic (exact) mass is 503 g/mol. The summed E-state index contributed by atoms with van der Waals surface area (Å²) in [6, 6.07) is 8.49. The van der Waals surface area contributed by atoms with Crippen molar-refractivity contribution in [3.63, 3.8) is 0 Å². The minimum absolute atomic E-state index is 0. The Bertz CT molecular complexity index is 602. The number of aliphatic imine (C=N–C) groups is 1. The van der Waals surface area contributed by atoms with Crippen molar-refractivity contribution < 1.29 is 9.47 Å². The van der Waals surface area contributed by atoms with Gasteiger partial charge in [-0.15, -0.1) is 24.0 Å². The molecule has 5 nitrogen and oxygen atoms in total. The Morgan fingerprint density at radius 3 is 2.54 bits per heavy atom. The second-order valence-corrected chi connectivity index (χ2v) is 8.57. The quantitative estimate of drug-likeness (QED) is 0.329. The lowest BCUT2D eigenvalue weighted by Gasteiger charge is -2.29. The summed E-state index contributed by atoms with van der Waals surface area (Å²) in [7, 11) is 3.64. The predicted molar refractivity (Wildman–Crippen MR) is 128 cm³/mol. The average Bonchev–Trinajstić information content (AvgIpc) is 3.09. The van der Waals surface area contributed by atoms with Crippen LogP contribution in [0.2, 0.25) is 0 Å². The molecular formula is C22H38IN3O2. The Morgan fingerprint density at radius 2 is 1.96 bits per heavy atom. The van der Waals surface area contributed by atoms with Crippen LogP contribution in [-0.2, 0) is 10.2 Å². The van der Waals surface area contributed by atoms with E-state index in [4.69, 9.17) is 9.47 Å². The van der Waals surface area contributed by atoms with Crippen molar-refractivity contribution >= 4 is 29.9 Å². The molecule has 1 atom stereocenters. The van der Waals surface area contributed by atoms with Gasteiger partial charge in [0.2, 0.25) is 0 Å². The van der Waals surface area contributed by atoms with Crippen molar-refractivity contribution in [2.75, 3.05) is 47.0 Å². The number of hydrogen-bond acceptors (Lipinski definition) is 3. The summed E-state index contributed by atoms with van der Waals surface area (Å²) >= 11 is 0. The highest BCUT2D eigenvalue weighted by atomic mass is 127. The first-order valence-electron chi connectivity index (χ1n) is 10.0. The second-order valence-electron chi connectivity index (χ2n) is 8.57. The summed E-state index contributed by atoms with van der Waals surface area (Å²) in [6.07, 6.45) is 1.16. The normalized spacial score (nSPS) is 17.6. The first kappa shape index (κ1) is 25.0. The van der Waals surface area contributed by atoms with Crippen LogP contribution in [0.4, 0.5) is 0 Å². The molecule has 1 unspecified atom stereocenters. The van der Waals surface area contributed by atoms with E-state index in [0.29, 0.717) is 11.8 Å². The smallest absolute Gasteiger partial charge is 0.193 e. The van der Waals surface area contributed by atoms with Crippen LogP contribution in [0.3, 0.4) is 0 Å². The standard InChI is InChI=1S/C22H37N3O2.HI/c1-17(2)14-27-20-9-7-19(8-10-20)22(3,4)16-24-21(23-5)25-12-11-18(13-25)15-26-6;/h7-10,17-18H,11-16H2,1-6H3,(H,23,24);1H. The van der Waals surface area contributed by atoms with E-state index in [1.807, 2.05) is 7.05 Å². The van der Waals surface area contributed by atoms with Crippen LogP contribution in [0.1, 0.15) is 39.7 Å². The topological polar surface area (TPSA) is 46.1 Å². The highest BCUT2D eigenvalue weighted by molar-refractivity contribution is 14.0. The highest BCUT2D eigenvalue weighted by Crippen LogP contribution is 2.25. The second kappa shape index (κ2) is 11.9. The van der Waals surface area contributed by atoms with Crippen molar-refractivity contribution in [2.45, 2.75) is 39.5 Å². The van der Waals surface area contributed by atoms with Crippen LogP contribution in [0.25, 0.3) is 0 Å². The molecule has 1 saturated heterocycles. The van der Waals surface area contributed by atoms with Gasteiger partial charge >= 0.3 is 0 Å².